The summed E-state index contributed by atoms with van der Waals surface area (Å²) in [5.41, 5.74) is 2.96. The molecule has 0 unspecified atom stereocenters. The number of nitrogens with one attached hydrogen (secondary N) is 1. The Morgan fingerprint density at radius 1 is 1.27 bits per heavy atom. The molecule has 0 bridgehead atoms. The fraction of sp³-hybridized carbons (Fsp3) is 0.455. The van der Waals surface area contributed by atoms with Crippen molar-refractivity contribution >= 4 is 15.7 Å². The van der Waals surface area contributed by atoms with Crippen molar-refractivity contribution in [2.45, 2.75) is 31.4 Å². The van der Waals surface area contributed by atoms with Crippen LogP contribution in [0.5, 0.6) is 5.75 Å². The zero-order valence-corrected chi connectivity index (χ0v) is 17.9. The second-order valence-electron chi connectivity index (χ2n) is 8.04. The van der Waals surface area contributed by atoms with Gasteiger partial charge >= 0.3 is 0 Å². The molecule has 2 aliphatic heterocycles. The molecule has 0 saturated carbocycles. The quantitative estimate of drug-likeness (QED) is 0.720. The third-order valence-corrected chi connectivity index (χ3v) is 7.57. The molecular formula is C22H27N3O4S. The molecule has 2 aromatic rings. The maximum absolute atomic E-state index is 12.3. The van der Waals surface area contributed by atoms with Crippen molar-refractivity contribution in [2.75, 3.05) is 31.6 Å². The number of hydrogen-bond acceptors (Lipinski definition) is 6. The minimum absolute atomic E-state index is 0.0143. The molecule has 3 heterocycles. The molecule has 1 N–H and O–H groups in total. The number of carbonyl (C=O) groups is 1. The lowest BCUT2D eigenvalue weighted by Crippen LogP contribution is -2.38. The molecule has 0 spiro atoms. The van der Waals surface area contributed by atoms with Gasteiger partial charge in [0.05, 0.1) is 23.7 Å². The van der Waals surface area contributed by atoms with Crippen LogP contribution in [-0.2, 0) is 21.1 Å². The second-order valence-corrected chi connectivity index (χ2v) is 10.3. The van der Waals surface area contributed by atoms with Crippen molar-refractivity contribution in [3.63, 3.8) is 0 Å². The molecule has 1 fully saturated rings. The number of rotatable bonds is 7. The van der Waals surface area contributed by atoms with Gasteiger partial charge in [-0.3, -0.25) is 9.78 Å². The highest BCUT2D eigenvalue weighted by Crippen LogP contribution is 2.37. The number of amides is 1. The average Bonchev–Trinajstić information content (AvgIpc) is 3.33. The predicted octanol–water partition coefficient (Wildman–Crippen LogP) is 1.68. The summed E-state index contributed by atoms with van der Waals surface area (Å²) in [6.07, 6.45) is 3.39. The van der Waals surface area contributed by atoms with Crippen LogP contribution in [0.2, 0.25) is 0 Å². The molecule has 4 rings (SSSR count). The maximum Gasteiger partial charge on any atom is 0.221 e. The van der Waals surface area contributed by atoms with Crippen LogP contribution in [-0.4, -0.2) is 68.0 Å². The van der Waals surface area contributed by atoms with Gasteiger partial charge in [-0.15, -0.1) is 0 Å². The van der Waals surface area contributed by atoms with E-state index in [-0.39, 0.29) is 29.6 Å². The van der Waals surface area contributed by atoms with Gasteiger partial charge in [0.15, 0.2) is 9.84 Å². The third-order valence-electron chi connectivity index (χ3n) is 5.82. The molecular weight excluding hydrogens is 402 g/mol. The molecule has 8 heteroatoms. The van der Waals surface area contributed by atoms with Gasteiger partial charge in [0.1, 0.15) is 11.9 Å². The van der Waals surface area contributed by atoms with E-state index < -0.39 is 9.84 Å². The highest BCUT2D eigenvalue weighted by atomic mass is 32.2. The van der Waals surface area contributed by atoms with E-state index in [9.17, 15) is 13.2 Å². The number of fused-ring (bicyclic) bond motifs is 1. The van der Waals surface area contributed by atoms with E-state index in [1.54, 1.807) is 6.20 Å². The van der Waals surface area contributed by atoms with Crippen molar-refractivity contribution in [3.05, 3.63) is 48.2 Å². The molecule has 160 valence electrons. The predicted molar refractivity (Wildman–Crippen MR) is 115 cm³/mol. The SMILES string of the molecule is CN(CCC(=O)NC[C@H]1Cc2cccc(-c3ccccn3)c2O1)[C@@H]1CCS(=O)(=O)C1. The number of carbonyl (C=O) groups excluding carboxylic acids is 1. The Bertz CT molecular complexity index is 1010. The van der Waals surface area contributed by atoms with Gasteiger partial charge in [-0.1, -0.05) is 18.2 Å². The lowest BCUT2D eigenvalue weighted by atomic mass is 10.0. The van der Waals surface area contributed by atoms with Crippen LogP contribution >= 0.6 is 0 Å². The van der Waals surface area contributed by atoms with Gasteiger partial charge in [0, 0.05) is 37.2 Å². The maximum atomic E-state index is 12.3. The van der Waals surface area contributed by atoms with Crippen LogP contribution in [0, 0.1) is 0 Å². The normalized spacial score (nSPS) is 21.9. The number of aromatic nitrogens is 1. The van der Waals surface area contributed by atoms with Crippen LogP contribution in [0.25, 0.3) is 11.3 Å². The summed E-state index contributed by atoms with van der Waals surface area (Å²) in [5, 5.41) is 2.96. The van der Waals surface area contributed by atoms with E-state index in [2.05, 4.69) is 10.3 Å². The van der Waals surface area contributed by atoms with Crippen LogP contribution < -0.4 is 10.1 Å². The number of sulfone groups is 1. The molecule has 2 aliphatic rings. The number of pyridine rings is 1. The van der Waals surface area contributed by atoms with Gasteiger partial charge in [-0.25, -0.2) is 8.42 Å². The number of nitrogens with zero attached hydrogens (tertiary/aromatic N) is 2. The highest BCUT2D eigenvalue weighted by molar-refractivity contribution is 7.91. The first-order valence-corrected chi connectivity index (χ1v) is 12.1. The third kappa shape index (κ3) is 4.82. The average molecular weight is 430 g/mol. The topological polar surface area (TPSA) is 88.6 Å². The summed E-state index contributed by atoms with van der Waals surface area (Å²) in [4.78, 5) is 18.7. The van der Waals surface area contributed by atoms with Gasteiger partial charge in [0.25, 0.3) is 0 Å². The van der Waals surface area contributed by atoms with E-state index in [0.29, 0.717) is 25.9 Å². The van der Waals surface area contributed by atoms with Gasteiger partial charge < -0.3 is 15.0 Å². The van der Waals surface area contributed by atoms with Crippen molar-refractivity contribution in [2.24, 2.45) is 0 Å². The van der Waals surface area contributed by atoms with E-state index in [0.717, 1.165) is 29.0 Å². The highest BCUT2D eigenvalue weighted by Gasteiger charge is 2.31. The summed E-state index contributed by atoms with van der Waals surface area (Å²) in [6, 6.07) is 11.9. The fourth-order valence-corrected chi connectivity index (χ4v) is 5.88. The Balaban J connectivity index is 1.26. The molecule has 0 aliphatic carbocycles. The van der Waals surface area contributed by atoms with E-state index in [1.807, 2.05) is 48.3 Å². The van der Waals surface area contributed by atoms with E-state index in [1.165, 1.54) is 0 Å². The monoisotopic (exact) mass is 429 g/mol. The second kappa shape index (κ2) is 8.73. The van der Waals surface area contributed by atoms with Crippen molar-refractivity contribution < 1.29 is 17.9 Å². The lowest BCUT2D eigenvalue weighted by Gasteiger charge is -2.22. The zero-order chi connectivity index (χ0) is 21.1. The van der Waals surface area contributed by atoms with E-state index in [4.69, 9.17) is 4.74 Å². The smallest absolute Gasteiger partial charge is 0.221 e. The first-order valence-electron chi connectivity index (χ1n) is 10.3. The summed E-state index contributed by atoms with van der Waals surface area (Å²) in [5.74, 6) is 1.23. The Labute approximate surface area is 177 Å². The number of ether oxygens (including phenoxy) is 1. The molecule has 7 nitrogen and oxygen atoms in total. The summed E-state index contributed by atoms with van der Waals surface area (Å²) in [6.45, 7) is 0.984. The summed E-state index contributed by atoms with van der Waals surface area (Å²) >= 11 is 0. The van der Waals surface area contributed by atoms with Crippen molar-refractivity contribution in [3.8, 4) is 17.0 Å². The van der Waals surface area contributed by atoms with Gasteiger partial charge in [-0.2, -0.15) is 0 Å². The minimum atomic E-state index is -2.91. The fourth-order valence-electron chi connectivity index (χ4n) is 4.08. The largest absolute Gasteiger partial charge is 0.487 e. The Hall–Kier alpha value is -2.45. The summed E-state index contributed by atoms with van der Waals surface area (Å²) < 4.78 is 29.4. The van der Waals surface area contributed by atoms with Crippen LogP contribution in [0.3, 0.4) is 0 Å². The number of hydrogen-bond donors (Lipinski definition) is 1. The minimum Gasteiger partial charge on any atom is -0.487 e. The summed E-state index contributed by atoms with van der Waals surface area (Å²) in [7, 11) is -1.03. The zero-order valence-electron chi connectivity index (χ0n) is 17.1. The molecule has 30 heavy (non-hydrogen) atoms. The number of benzene rings is 1. The van der Waals surface area contributed by atoms with Crippen molar-refractivity contribution in [1.29, 1.82) is 0 Å². The molecule has 2 atom stereocenters. The molecule has 0 radical (unpaired) electrons. The Kier molecular flexibility index (Phi) is 6.06. The molecule has 1 saturated heterocycles. The molecule has 1 amide bonds. The standard InChI is InChI=1S/C22H27N3O4S/c1-25(17-9-12-30(27,28)15-17)11-8-21(26)24-14-18-13-16-5-4-6-19(22(16)29-18)20-7-2-3-10-23-20/h2-7,10,17-18H,8-9,11-15H2,1H3,(H,24,26)/t17-,18-/m1/s1. The van der Waals surface area contributed by atoms with Crippen LogP contribution in [0.4, 0.5) is 0 Å². The van der Waals surface area contributed by atoms with E-state index >= 15 is 0 Å². The Morgan fingerprint density at radius 3 is 2.87 bits per heavy atom. The first kappa shape index (κ1) is 20.8. The molecule has 1 aromatic heterocycles. The Morgan fingerprint density at radius 2 is 2.13 bits per heavy atom. The van der Waals surface area contributed by atoms with Gasteiger partial charge in [0.2, 0.25) is 5.91 Å². The van der Waals surface area contributed by atoms with Crippen LogP contribution in [0.15, 0.2) is 42.6 Å². The lowest BCUT2D eigenvalue weighted by molar-refractivity contribution is -0.121. The first-order chi connectivity index (χ1) is 14.4. The van der Waals surface area contributed by atoms with Gasteiger partial charge in [-0.05, 0) is 37.2 Å². The number of para-hydroxylation sites is 1. The van der Waals surface area contributed by atoms with Crippen LogP contribution in [0.1, 0.15) is 18.4 Å². The molecule has 1 aromatic carbocycles. The van der Waals surface area contributed by atoms with Crippen molar-refractivity contribution in [1.82, 2.24) is 15.2 Å².